The molecule has 0 spiro atoms. The third-order valence-corrected chi connectivity index (χ3v) is 5.13. The molecule has 1 atom stereocenters. The summed E-state index contributed by atoms with van der Waals surface area (Å²) in [5.74, 6) is 0.852. The summed E-state index contributed by atoms with van der Waals surface area (Å²) in [5, 5.41) is 5.23. The van der Waals surface area contributed by atoms with Gasteiger partial charge in [0.2, 0.25) is 0 Å². The first-order chi connectivity index (χ1) is 9.07. The minimum atomic E-state index is 0.333. The molecule has 1 aromatic rings. The van der Waals surface area contributed by atoms with E-state index in [1.54, 1.807) is 0 Å². The Morgan fingerprint density at radius 3 is 2.53 bits per heavy atom. The number of nitrogens with one attached hydrogen (secondary N) is 1. The molecule has 2 aliphatic carbocycles. The van der Waals surface area contributed by atoms with Gasteiger partial charge in [0.15, 0.2) is 0 Å². The lowest BCUT2D eigenvalue weighted by Crippen LogP contribution is -2.36. The molecule has 104 valence electrons. The number of hydrogen-bond donors (Lipinski definition) is 1. The Balaban J connectivity index is 1.72. The highest BCUT2D eigenvalue weighted by Gasteiger charge is 2.42. The number of hydrogen-bond acceptors (Lipinski definition) is 1. The second kappa shape index (κ2) is 5.27. The van der Waals surface area contributed by atoms with E-state index in [1.165, 1.54) is 31.2 Å². The van der Waals surface area contributed by atoms with Gasteiger partial charge in [-0.3, -0.25) is 0 Å². The SMILES string of the molecule is CC(CNC1CC1)(Cc1ccc(Cl)cc1Cl)C1CC1. The molecular formula is C16H21Cl2N. The van der Waals surface area contributed by atoms with Gasteiger partial charge in [-0.1, -0.05) is 36.2 Å². The van der Waals surface area contributed by atoms with Crippen molar-refractivity contribution in [2.75, 3.05) is 6.54 Å². The second-order valence-electron chi connectivity index (χ2n) is 6.50. The Labute approximate surface area is 125 Å². The zero-order chi connectivity index (χ0) is 13.5. The topological polar surface area (TPSA) is 12.0 Å². The van der Waals surface area contributed by atoms with E-state index < -0.39 is 0 Å². The van der Waals surface area contributed by atoms with Crippen molar-refractivity contribution in [2.24, 2.45) is 11.3 Å². The van der Waals surface area contributed by atoms with Crippen molar-refractivity contribution in [3.05, 3.63) is 33.8 Å². The quantitative estimate of drug-likeness (QED) is 0.802. The Hall–Kier alpha value is -0.240. The normalized spacial score (nSPS) is 22.3. The molecule has 0 aromatic heterocycles. The van der Waals surface area contributed by atoms with Gasteiger partial charge in [-0.15, -0.1) is 0 Å². The van der Waals surface area contributed by atoms with Crippen LogP contribution in [0.1, 0.15) is 38.2 Å². The summed E-state index contributed by atoms with van der Waals surface area (Å²) < 4.78 is 0. The van der Waals surface area contributed by atoms with Crippen molar-refractivity contribution in [3.8, 4) is 0 Å². The van der Waals surface area contributed by atoms with E-state index >= 15 is 0 Å². The molecule has 2 aliphatic rings. The minimum Gasteiger partial charge on any atom is -0.313 e. The van der Waals surface area contributed by atoms with Crippen molar-refractivity contribution >= 4 is 23.2 Å². The number of halogens is 2. The van der Waals surface area contributed by atoms with Crippen LogP contribution in [-0.4, -0.2) is 12.6 Å². The van der Waals surface area contributed by atoms with E-state index in [2.05, 4.69) is 18.3 Å². The molecule has 3 heteroatoms. The molecule has 1 nitrogen and oxygen atoms in total. The molecule has 0 saturated heterocycles. The highest BCUT2D eigenvalue weighted by molar-refractivity contribution is 6.35. The second-order valence-corrected chi connectivity index (χ2v) is 7.34. The van der Waals surface area contributed by atoms with Crippen LogP contribution in [0.15, 0.2) is 18.2 Å². The summed E-state index contributed by atoms with van der Waals surface area (Å²) in [6.45, 7) is 3.52. The van der Waals surface area contributed by atoms with E-state index in [1.807, 2.05) is 12.1 Å². The van der Waals surface area contributed by atoms with Crippen LogP contribution in [0.5, 0.6) is 0 Å². The van der Waals surface area contributed by atoms with Gasteiger partial charge in [0.05, 0.1) is 0 Å². The van der Waals surface area contributed by atoms with E-state index in [4.69, 9.17) is 23.2 Å². The van der Waals surface area contributed by atoms with Crippen LogP contribution in [-0.2, 0) is 6.42 Å². The Morgan fingerprint density at radius 2 is 1.95 bits per heavy atom. The summed E-state index contributed by atoms with van der Waals surface area (Å²) in [7, 11) is 0. The van der Waals surface area contributed by atoms with E-state index in [9.17, 15) is 0 Å². The highest BCUT2D eigenvalue weighted by Crippen LogP contribution is 2.48. The zero-order valence-corrected chi connectivity index (χ0v) is 12.9. The first-order valence-corrected chi connectivity index (χ1v) is 8.00. The average molecular weight is 298 g/mol. The fourth-order valence-electron chi connectivity index (χ4n) is 2.90. The molecule has 1 unspecified atom stereocenters. The molecule has 0 amide bonds. The first kappa shape index (κ1) is 13.7. The predicted molar refractivity (Wildman–Crippen MR) is 82.0 cm³/mol. The molecular weight excluding hydrogens is 277 g/mol. The van der Waals surface area contributed by atoms with Gasteiger partial charge < -0.3 is 5.32 Å². The molecule has 0 heterocycles. The summed E-state index contributed by atoms with van der Waals surface area (Å²) in [4.78, 5) is 0. The van der Waals surface area contributed by atoms with E-state index in [0.29, 0.717) is 5.41 Å². The summed E-state index contributed by atoms with van der Waals surface area (Å²) in [5.41, 5.74) is 1.57. The van der Waals surface area contributed by atoms with Gasteiger partial charge in [0, 0.05) is 22.6 Å². The molecule has 0 radical (unpaired) electrons. The average Bonchev–Trinajstić information content (AvgIpc) is 3.24. The summed E-state index contributed by atoms with van der Waals surface area (Å²) in [6.07, 6.45) is 6.49. The minimum absolute atomic E-state index is 0.333. The van der Waals surface area contributed by atoms with Crippen molar-refractivity contribution in [1.82, 2.24) is 5.32 Å². The zero-order valence-electron chi connectivity index (χ0n) is 11.4. The predicted octanol–water partition coefficient (Wildman–Crippen LogP) is 4.70. The fraction of sp³-hybridized carbons (Fsp3) is 0.625. The van der Waals surface area contributed by atoms with Crippen LogP contribution in [0.4, 0.5) is 0 Å². The van der Waals surface area contributed by atoms with Crippen LogP contribution >= 0.6 is 23.2 Å². The molecule has 1 N–H and O–H groups in total. The molecule has 19 heavy (non-hydrogen) atoms. The molecule has 0 aliphatic heterocycles. The van der Waals surface area contributed by atoms with Gasteiger partial charge in [0.1, 0.15) is 0 Å². The first-order valence-electron chi connectivity index (χ1n) is 7.24. The maximum atomic E-state index is 6.33. The van der Waals surface area contributed by atoms with Crippen molar-refractivity contribution in [1.29, 1.82) is 0 Å². The van der Waals surface area contributed by atoms with Gasteiger partial charge >= 0.3 is 0 Å². The number of rotatable bonds is 6. The third-order valence-electron chi connectivity index (χ3n) is 4.54. The standard InChI is InChI=1S/C16H21Cl2N/c1-16(12-3-4-12,10-19-14-6-7-14)9-11-2-5-13(17)8-15(11)18/h2,5,8,12,14,19H,3-4,6-7,9-10H2,1H3. The van der Waals surface area contributed by atoms with Crippen molar-refractivity contribution in [3.63, 3.8) is 0 Å². The lowest BCUT2D eigenvalue weighted by Gasteiger charge is -2.31. The van der Waals surface area contributed by atoms with Crippen LogP contribution in [0.25, 0.3) is 0 Å². The molecule has 1 aromatic carbocycles. The summed E-state index contributed by atoms with van der Waals surface area (Å²) in [6, 6.07) is 6.67. The maximum Gasteiger partial charge on any atom is 0.0453 e. The van der Waals surface area contributed by atoms with Gasteiger partial charge in [-0.05, 0) is 61.1 Å². The Morgan fingerprint density at radius 1 is 1.21 bits per heavy atom. The van der Waals surface area contributed by atoms with Crippen LogP contribution in [0.2, 0.25) is 10.0 Å². The lowest BCUT2D eigenvalue weighted by molar-refractivity contribution is 0.255. The van der Waals surface area contributed by atoms with Gasteiger partial charge in [0.25, 0.3) is 0 Å². The monoisotopic (exact) mass is 297 g/mol. The smallest absolute Gasteiger partial charge is 0.0453 e. The maximum absolute atomic E-state index is 6.33. The van der Waals surface area contributed by atoms with Crippen LogP contribution < -0.4 is 5.32 Å². The molecule has 0 bridgehead atoms. The van der Waals surface area contributed by atoms with Crippen LogP contribution in [0, 0.1) is 11.3 Å². The summed E-state index contributed by atoms with van der Waals surface area (Å²) >= 11 is 12.3. The van der Waals surface area contributed by atoms with Crippen molar-refractivity contribution in [2.45, 2.75) is 45.1 Å². The molecule has 3 rings (SSSR count). The number of benzene rings is 1. The van der Waals surface area contributed by atoms with Gasteiger partial charge in [-0.25, -0.2) is 0 Å². The lowest BCUT2D eigenvalue weighted by atomic mass is 9.79. The Bertz CT molecular complexity index is 466. The van der Waals surface area contributed by atoms with E-state index in [-0.39, 0.29) is 0 Å². The van der Waals surface area contributed by atoms with E-state index in [0.717, 1.165) is 35.0 Å². The fourth-order valence-corrected chi connectivity index (χ4v) is 3.37. The third kappa shape index (κ3) is 3.45. The molecule has 2 fully saturated rings. The highest BCUT2D eigenvalue weighted by atomic mass is 35.5. The van der Waals surface area contributed by atoms with Gasteiger partial charge in [-0.2, -0.15) is 0 Å². The van der Waals surface area contributed by atoms with Crippen LogP contribution in [0.3, 0.4) is 0 Å². The molecule has 2 saturated carbocycles. The largest absolute Gasteiger partial charge is 0.313 e. The Kier molecular flexibility index (Phi) is 3.81. The van der Waals surface area contributed by atoms with Crippen molar-refractivity contribution < 1.29 is 0 Å².